The van der Waals surface area contributed by atoms with E-state index in [1.165, 1.54) is 18.3 Å². The van der Waals surface area contributed by atoms with Crippen molar-refractivity contribution in [2.75, 3.05) is 19.0 Å². The van der Waals surface area contributed by atoms with Crippen molar-refractivity contribution in [2.45, 2.75) is 13.8 Å². The van der Waals surface area contributed by atoms with Crippen molar-refractivity contribution in [3.8, 4) is 16.9 Å². The summed E-state index contributed by atoms with van der Waals surface area (Å²) in [5.74, 6) is 1.36. The number of nitrogens with zero attached hydrogens (tertiary/aromatic N) is 2. The molecule has 0 atom stereocenters. The molecule has 138 valence electrons. The van der Waals surface area contributed by atoms with Crippen molar-refractivity contribution in [1.29, 1.82) is 5.41 Å². The van der Waals surface area contributed by atoms with Crippen LogP contribution in [0, 0.1) is 11.2 Å². The van der Waals surface area contributed by atoms with Crippen LogP contribution in [0.15, 0.2) is 42.5 Å². The Morgan fingerprint density at radius 1 is 1.22 bits per heavy atom. The maximum Gasteiger partial charge on any atom is 0.163 e. The van der Waals surface area contributed by atoms with Crippen molar-refractivity contribution in [2.24, 2.45) is 0 Å². The smallest absolute Gasteiger partial charge is 0.163 e. The number of anilines is 1. The average Bonchev–Trinajstić information content (AvgIpc) is 2.68. The lowest BCUT2D eigenvalue weighted by Gasteiger charge is -2.14. The van der Waals surface area contributed by atoms with E-state index in [2.05, 4.69) is 15.3 Å². The second-order valence-corrected chi connectivity index (χ2v) is 5.85. The molecule has 0 unspecified atom stereocenters. The van der Waals surface area contributed by atoms with Crippen LogP contribution >= 0.6 is 0 Å². The summed E-state index contributed by atoms with van der Waals surface area (Å²) < 4.78 is 19.5. The van der Waals surface area contributed by atoms with Crippen molar-refractivity contribution in [3.63, 3.8) is 0 Å². The minimum absolute atomic E-state index is 0.297. The molecule has 27 heavy (non-hydrogen) atoms. The standard InChI is InChI=1S/C21H21FN4O/c1-4-13(12-23)20-25-19-17(21(24-3)26-20)10-15(11-18(19)27-5-2)14-7-6-8-16(22)9-14/h4,6-12,23H,5H2,1-3H3,(H,24,25,26). The van der Waals surface area contributed by atoms with Gasteiger partial charge in [-0.1, -0.05) is 18.2 Å². The Bertz CT molecular complexity index is 1030. The van der Waals surface area contributed by atoms with E-state index >= 15 is 0 Å². The molecule has 1 aromatic heterocycles. The molecule has 0 saturated heterocycles. The molecule has 0 amide bonds. The Hall–Kier alpha value is -3.28. The fourth-order valence-electron chi connectivity index (χ4n) is 2.90. The molecular formula is C21H21FN4O. The van der Waals surface area contributed by atoms with Gasteiger partial charge < -0.3 is 15.5 Å². The lowest BCUT2D eigenvalue weighted by Crippen LogP contribution is -2.04. The zero-order valence-corrected chi connectivity index (χ0v) is 15.5. The van der Waals surface area contributed by atoms with Gasteiger partial charge in [-0.3, -0.25) is 0 Å². The summed E-state index contributed by atoms with van der Waals surface area (Å²) in [6.45, 7) is 4.21. The first kappa shape index (κ1) is 18.5. The summed E-state index contributed by atoms with van der Waals surface area (Å²) in [4.78, 5) is 9.17. The highest BCUT2D eigenvalue weighted by atomic mass is 19.1. The predicted molar refractivity (Wildman–Crippen MR) is 108 cm³/mol. The molecule has 0 bridgehead atoms. The van der Waals surface area contributed by atoms with Crippen LogP contribution in [0.3, 0.4) is 0 Å². The molecule has 0 aliphatic heterocycles. The van der Waals surface area contributed by atoms with Gasteiger partial charge in [0.05, 0.1) is 6.61 Å². The Morgan fingerprint density at radius 3 is 2.67 bits per heavy atom. The van der Waals surface area contributed by atoms with Crippen LogP contribution < -0.4 is 10.1 Å². The second-order valence-electron chi connectivity index (χ2n) is 5.85. The molecular weight excluding hydrogens is 343 g/mol. The number of ether oxygens (including phenoxy) is 1. The van der Waals surface area contributed by atoms with Gasteiger partial charge in [-0.15, -0.1) is 0 Å². The van der Waals surface area contributed by atoms with Gasteiger partial charge >= 0.3 is 0 Å². The van der Waals surface area contributed by atoms with Crippen LogP contribution in [0.25, 0.3) is 27.6 Å². The fraction of sp³-hybridized carbons (Fsp3) is 0.190. The van der Waals surface area contributed by atoms with Crippen LogP contribution in [0.4, 0.5) is 10.2 Å². The quantitative estimate of drug-likeness (QED) is 0.609. The number of nitrogens with one attached hydrogen (secondary N) is 2. The molecule has 6 heteroatoms. The van der Waals surface area contributed by atoms with Crippen molar-refractivity contribution in [3.05, 3.63) is 54.1 Å². The van der Waals surface area contributed by atoms with Gasteiger partial charge in [-0.25, -0.2) is 14.4 Å². The van der Waals surface area contributed by atoms with E-state index in [0.717, 1.165) is 16.5 Å². The highest BCUT2D eigenvalue weighted by Gasteiger charge is 2.15. The Morgan fingerprint density at radius 2 is 2.04 bits per heavy atom. The summed E-state index contributed by atoms with van der Waals surface area (Å²) in [7, 11) is 1.78. The summed E-state index contributed by atoms with van der Waals surface area (Å²) in [5.41, 5.74) is 2.83. The van der Waals surface area contributed by atoms with Crippen LogP contribution in [0.1, 0.15) is 19.7 Å². The monoisotopic (exact) mass is 364 g/mol. The van der Waals surface area contributed by atoms with Gasteiger partial charge in [0.25, 0.3) is 0 Å². The minimum Gasteiger partial charge on any atom is -0.492 e. The van der Waals surface area contributed by atoms with E-state index < -0.39 is 0 Å². The predicted octanol–water partition coefficient (Wildman–Crippen LogP) is 4.93. The van der Waals surface area contributed by atoms with Crippen LogP contribution in [0.5, 0.6) is 5.75 Å². The van der Waals surface area contributed by atoms with Gasteiger partial charge in [-0.05, 0) is 49.2 Å². The topological polar surface area (TPSA) is 70.9 Å². The lowest BCUT2D eigenvalue weighted by atomic mass is 10.0. The molecule has 1 heterocycles. The van der Waals surface area contributed by atoms with Gasteiger partial charge in [0.1, 0.15) is 22.9 Å². The normalized spacial score (nSPS) is 11.5. The van der Waals surface area contributed by atoms with Gasteiger partial charge in [-0.2, -0.15) is 0 Å². The molecule has 3 rings (SSSR count). The summed E-state index contributed by atoms with van der Waals surface area (Å²) in [5, 5.41) is 11.4. The van der Waals surface area contributed by atoms with Crippen LogP contribution in [-0.4, -0.2) is 29.8 Å². The number of hydrogen-bond acceptors (Lipinski definition) is 5. The zero-order chi connectivity index (χ0) is 19.4. The van der Waals surface area contributed by atoms with E-state index in [0.29, 0.717) is 35.1 Å². The lowest BCUT2D eigenvalue weighted by molar-refractivity contribution is 0.343. The van der Waals surface area contributed by atoms with Crippen molar-refractivity contribution < 1.29 is 9.13 Å². The van der Waals surface area contributed by atoms with Gasteiger partial charge in [0, 0.05) is 24.2 Å². The molecule has 0 fully saturated rings. The number of aromatic nitrogens is 2. The number of allylic oxidation sites excluding steroid dienone is 2. The van der Waals surface area contributed by atoms with E-state index in [1.807, 2.05) is 32.0 Å². The largest absolute Gasteiger partial charge is 0.492 e. The number of hydrogen-bond donors (Lipinski definition) is 2. The SMILES string of the molecule is CC=C(C=N)c1nc(NC)c2cc(-c3cccc(F)c3)cc(OCC)c2n1. The average molecular weight is 364 g/mol. The zero-order valence-electron chi connectivity index (χ0n) is 15.5. The Balaban J connectivity index is 2.32. The van der Waals surface area contributed by atoms with Gasteiger partial charge in [0.15, 0.2) is 5.82 Å². The first-order chi connectivity index (χ1) is 13.1. The molecule has 2 aromatic carbocycles. The van der Waals surface area contributed by atoms with Crippen LogP contribution in [-0.2, 0) is 0 Å². The molecule has 0 aliphatic rings. The Kier molecular flexibility index (Phi) is 5.45. The molecule has 0 radical (unpaired) electrons. The maximum absolute atomic E-state index is 13.7. The Labute approximate surface area is 157 Å². The van der Waals surface area contributed by atoms with E-state index in [-0.39, 0.29) is 5.82 Å². The molecule has 3 aromatic rings. The van der Waals surface area contributed by atoms with Crippen LogP contribution in [0.2, 0.25) is 0 Å². The number of halogens is 1. The van der Waals surface area contributed by atoms with E-state index in [1.54, 1.807) is 19.2 Å². The molecule has 5 nitrogen and oxygen atoms in total. The summed E-state index contributed by atoms with van der Waals surface area (Å²) >= 11 is 0. The van der Waals surface area contributed by atoms with Crippen molar-refractivity contribution >= 4 is 28.5 Å². The highest BCUT2D eigenvalue weighted by molar-refractivity contribution is 6.08. The highest BCUT2D eigenvalue weighted by Crippen LogP contribution is 2.35. The minimum atomic E-state index is -0.297. The number of rotatable bonds is 6. The first-order valence-electron chi connectivity index (χ1n) is 8.70. The third-order valence-electron chi connectivity index (χ3n) is 4.18. The maximum atomic E-state index is 13.7. The summed E-state index contributed by atoms with van der Waals surface area (Å²) in [6.07, 6.45) is 3.01. The molecule has 0 aliphatic carbocycles. The van der Waals surface area contributed by atoms with E-state index in [4.69, 9.17) is 10.1 Å². The third-order valence-corrected chi connectivity index (χ3v) is 4.18. The number of benzene rings is 2. The molecule has 0 saturated carbocycles. The first-order valence-corrected chi connectivity index (χ1v) is 8.70. The van der Waals surface area contributed by atoms with E-state index in [9.17, 15) is 4.39 Å². The third kappa shape index (κ3) is 3.65. The molecule has 2 N–H and O–H groups in total. The molecule has 0 spiro atoms. The summed E-state index contributed by atoms with van der Waals surface area (Å²) in [6, 6.07) is 10.2. The van der Waals surface area contributed by atoms with Gasteiger partial charge in [0.2, 0.25) is 0 Å². The van der Waals surface area contributed by atoms with Crippen molar-refractivity contribution in [1.82, 2.24) is 9.97 Å². The fourth-order valence-corrected chi connectivity index (χ4v) is 2.90. The second kappa shape index (κ2) is 7.95. The number of fused-ring (bicyclic) bond motifs is 1.